The topological polar surface area (TPSA) is 47.0 Å². The van der Waals surface area contributed by atoms with Crippen LogP contribution in [0.5, 0.6) is 5.88 Å². The first-order valence-electron chi connectivity index (χ1n) is 9.41. The third-order valence-corrected chi connectivity index (χ3v) is 5.97. The number of piperidine rings is 1. The Morgan fingerprint density at radius 2 is 1.43 bits per heavy atom. The number of ether oxygens (including phenoxy) is 1. The number of halogens is 2. The molecule has 144 valence electrons. The zero-order valence-electron chi connectivity index (χ0n) is 15.4. The molecular formula is C22H21Br2N3O. The molecule has 0 unspecified atom stereocenters. The van der Waals surface area contributed by atoms with E-state index in [1.54, 1.807) is 6.20 Å². The van der Waals surface area contributed by atoms with Gasteiger partial charge in [-0.25, -0.2) is 9.97 Å². The Balaban J connectivity index is 1.65. The maximum atomic E-state index is 6.02. The van der Waals surface area contributed by atoms with Crippen molar-refractivity contribution in [1.29, 1.82) is 0 Å². The van der Waals surface area contributed by atoms with Crippen LogP contribution in [0.2, 0.25) is 0 Å². The van der Waals surface area contributed by atoms with Crippen molar-refractivity contribution >= 4 is 31.9 Å². The van der Waals surface area contributed by atoms with E-state index < -0.39 is 0 Å². The minimum absolute atomic E-state index is 0.574. The lowest BCUT2D eigenvalue weighted by atomic mass is 9.99. The third-order valence-electron chi connectivity index (χ3n) is 4.91. The lowest BCUT2D eigenvalue weighted by molar-refractivity contribution is 0.208. The van der Waals surface area contributed by atoms with E-state index in [0.29, 0.717) is 18.4 Å². The highest BCUT2D eigenvalue weighted by Crippen LogP contribution is 2.32. The summed E-state index contributed by atoms with van der Waals surface area (Å²) in [5, 5.41) is 3.39. The monoisotopic (exact) mass is 501 g/mol. The van der Waals surface area contributed by atoms with E-state index in [1.807, 2.05) is 48.5 Å². The van der Waals surface area contributed by atoms with Gasteiger partial charge in [0.15, 0.2) is 0 Å². The molecule has 1 aliphatic rings. The average Bonchev–Trinajstić information content (AvgIpc) is 2.74. The normalized spacial score (nSPS) is 14.8. The van der Waals surface area contributed by atoms with Crippen LogP contribution in [0.1, 0.15) is 12.8 Å². The van der Waals surface area contributed by atoms with Crippen molar-refractivity contribution in [1.82, 2.24) is 15.3 Å². The third kappa shape index (κ3) is 4.80. The first-order valence-corrected chi connectivity index (χ1v) is 11.0. The largest absolute Gasteiger partial charge is 0.476 e. The Morgan fingerprint density at radius 3 is 2.04 bits per heavy atom. The van der Waals surface area contributed by atoms with Gasteiger partial charge in [-0.3, -0.25) is 0 Å². The predicted molar refractivity (Wildman–Crippen MR) is 119 cm³/mol. The van der Waals surface area contributed by atoms with E-state index in [0.717, 1.165) is 57.4 Å². The van der Waals surface area contributed by atoms with Crippen molar-refractivity contribution in [3.8, 4) is 28.4 Å². The zero-order chi connectivity index (χ0) is 19.3. The molecule has 4 nitrogen and oxygen atoms in total. The van der Waals surface area contributed by atoms with Crippen LogP contribution < -0.4 is 10.1 Å². The predicted octanol–water partition coefficient (Wildman–Crippen LogP) is 5.71. The molecule has 0 radical (unpaired) electrons. The van der Waals surface area contributed by atoms with Gasteiger partial charge in [0.1, 0.15) is 5.69 Å². The Labute approximate surface area is 182 Å². The van der Waals surface area contributed by atoms with Gasteiger partial charge < -0.3 is 10.1 Å². The van der Waals surface area contributed by atoms with E-state index in [-0.39, 0.29) is 0 Å². The van der Waals surface area contributed by atoms with Gasteiger partial charge in [0.05, 0.1) is 18.5 Å². The van der Waals surface area contributed by atoms with Crippen molar-refractivity contribution in [2.24, 2.45) is 5.92 Å². The minimum atomic E-state index is 0.574. The van der Waals surface area contributed by atoms with Crippen LogP contribution in [0.25, 0.3) is 22.5 Å². The lowest BCUT2D eigenvalue weighted by Gasteiger charge is -2.22. The number of hydrogen-bond acceptors (Lipinski definition) is 4. The van der Waals surface area contributed by atoms with Crippen LogP contribution in [0.3, 0.4) is 0 Å². The molecule has 6 heteroatoms. The summed E-state index contributed by atoms with van der Waals surface area (Å²) in [6, 6.07) is 16.3. The van der Waals surface area contributed by atoms with Crippen LogP contribution in [0.15, 0.2) is 63.7 Å². The van der Waals surface area contributed by atoms with Gasteiger partial charge in [-0.2, -0.15) is 0 Å². The van der Waals surface area contributed by atoms with Crippen molar-refractivity contribution in [3.05, 3.63) is 63.7 Å². The van der Waals surface area contributed by atoms with Crippen LogP contribution in [0, 0.1) is 5.92 Å². The van der Waals surface area contributed by atoms with Crippen LogP contribution >= 0.6 is 31.9 Å². The van der Waals surface area contributed by atoms with E-state index in [4.69, 9.17) is 14.7 Å². The Kier molecular flexibility index (Phi) is 6.40. The molecular weight excluding hydrogens is 482 g/mol. The molecule has 0 atom stereocenters. The SMILES string of the molecule is Brc1ccc(-c2ncc(OCC3CCNCC3)nc2-c2ccc(Br)cc2)cc1. The van der Waals surface area contributed by atoms with Crippen LogP contribution in [-0.2, 0) is 0 Å². The molecule has 1 saturated heterocycles. The molecule has 1 N–H and O–H groups in total. The molecule has 2 heterocycles. The molecule has 0 bridgehead atoms. The van der Waals surface area contributed by atoms with Crippen molar-refractivity contribution in [2.45, 2.75) is 12.8 Å². The number of rotatable bonds is 5. The van der Waals surface area contributed by atoms with Crippen LogP contribution in [0.4, 0.5) is 0 Å². The fourth-order valence-corrected chi connectivity index (χ4v) is 3.85. The van der Waals surface area contributed by atoms with E-state index >= 15 is 0 Å². The van der Waals surface area contributed by atoms with E-state index in [2.05, 4.69) is 37.2 Å². The number of nitrogens with one attached hydrogen (secondary N) is 1. The molecule has 2 aromatic carbocycles. The highest BCUT2D eigenvalue weighted by atomic mass is 79.9. The highest BCUT2D eigenvalue weighted by molar-refractivity contribution is 9.10. The Bertz CT molecular complexity index is 924. The summed E-state index contributed by atoms with van der Waals surface area (Å²) < 4.78 is 8.10. The summed E-state index contributed by atoms with van der Waals surface area (Å²) in [6.45, 7) is 2.81. The minimum Gasteiger partial charge on any atom is -0.476 e. The van der Waals surface area contributed by atoms with Gasteiger partial charge >= 0.3 is 0 Å². The first-order chi connectivity index (χ1) is 13.7. The molecule has 3 aromatic rings. The summed E-state index contributed by atoms with van der Waals surface area (Å²) in [5.74, 6) is 1.16. The summed E-state index contributed by atoms with van der Waals surface area (Å²) >= 11 is 7.00. The number of nitrogens with zero attached hydrogens (tertiary/aromatic N) is 2. The van der Waals surface area contributed by atoms with Gasteiger partial charge in [-0.05, 0) is 56.1 Å². The quantitative estimate of drug-likeness (QED) is 0.485. The second kappa shape index (κ2) is 9.16. The fourth-order valence-electron chi connectivity index (χ4n) is 3.32. The standard InChI is InChI=1S/C22H21Br2N3O/c23-18-5-1-16(2-6-18)21-22(17-3-7-19(24)8-4-17)27-20(13-26-21)28-14-15-9-11-25-12-10-15/h1-8,13,15,25H,9-12,14H2. The first kappa shape index (κ1) is 19.6. The fraction of sp³-hybridized carbons (Fsp3) is 0.273. The summed E-state index contributed by atoms with van der Waals surface area (Å²) in [6.07, 6.45) is 4.02. The van der Waals surface area contributed by atoms with E-state index in [1.165, 1.54) is 0 Å². The molecule has 28 heavy (non-hydrogen) atoms. The average molecular weight is 503 g/mol. The molecule has 1 aromatic heterocycles. The Morgan fingerprint density at radius 1 is 0.857 bits per heavy atom. The summed E-state index contributed by atoms with van der Waals surface area (Å²) in [4.78, 5) is 9.54. The second-order valence-electron chi connectivity index (χ2n) is 6.92. The highest BCUT2D eigenvalue weighted by Gasteiger charge is 2.16. The smallest absolute Gasteiger partial charge is 0.232 e. The van der Waals surface area contributed by atoms with Gasteiger partial charge in [-0.15, -0.1) is 0 Å². The molecule has 0 saturated carbocycles. The Hall–Kier alpha value is -1.76. The van der Waals surface area contributed by atoms with Gasteiger partial charge in [0.2, 0.25) is 5.88 Å². The van der Waals surface area contributed by atoms with E-state index in [9.17, 15) is 0 Å². The molecule has 1 fully saturated rings. The van der Waals surface area contributed by atoms with Crippen molar-refractivity contribution in [2.75, 3.05) is 19.7 Å². The number of benzene rings is 2. The molecule has 1 aliphatic heterocycles. The maximum Gasteiger partial charge on any atom is 0.232 e. The van der Waals surface area contributed by atoms with Gasteiger partial charge in [-0.1, -0.05) is 56.1 Å². The van der Waals surface area contributed by atoms with Crippen molar-refractivity contribution in [3.63, 3.8) is 0 Å². The van der Waals surface area contributed by atoms with Gasteiger partial charge in [0.25, 0.3) is 0 Å². The number of aromatic nitrogens is 2. The summed E-state index contributed by atoms with van der Waals surface area (Å²) in [7, 11) is 0. The lowest BCUT2D eigenvalue weighted by Crippen LogP contribution is -2.30. The molecule has 0 amide bonds. The zero-order valence-corrected chi connectivity index (χ0v) is 18.5. The number of hydrogen-bond donors (Lipinski definition) is 1. The molecule has 4 rings (SSSR count). The van der Waals surface area contributed by atoms with Crippen LogP contribution in [-0.4, -0.2) is 29.7 Å². The van der Waals surface area contributed by atoms with Gasteiger partial charge in [0, 0.05) is 20.1 Å². The second-order valence-corrected chi connectivity index (χ2v) is 8.75. The van der Waals surface area contributed by atoms with Crippen molar-refractivity contribution < 1.29 is 4.74 Å². The molecule has 0 spiro atoms. The maximum absolute atomic E-state index is 6.02. The molecule has 0 aliphatic carbocycles. The summed E-state index contributed by atoms with van der Waals surface area (Å²) in [5.41, 5.74) is 3.72.